The number of rotatable bonds is 3. The molecule has 0 aromatic carbocycles. The summed E-state index contributed by atoms with van der Waals surface area (Å²) in [6.45, 7) is 2.38. The minimum absolute atomic E-state index is 0.281. The Hall–Kier alpha value is 0.140. The van der Waals surface area contributed by atoms with E-state index in [9.17, 15) is 0 Å². The van der Waals surface area contributed by atoms with E-state index >= 15 is 0 Å². The molecule has 0 aliphatic carbocycles. The number of hydrogen-bond acceptors (Lipinski definition) is 2. The molecule has 0 aliphatic rings. The maximum absolute atomic E-state index is 8.61. The summed E-state index contributed by atoms with van der Waals surface area (Å²) in [6, 6.07) is 2.12. The van der Waals surface area contributed by atoms with E-state index in [0.29, 0.717) is 0 Å². The molecule has 0 unspecified atom stereocenters. The van der Waals surface area contributed by atoms with E-state index in [1.165, 1.54) is 14.2 Å². The Bertz CT molecular complexity index is 232. The Labute approximate surface area is 79.2 Å². The quantitative estimate of drug-likeness (QED) is 0.854. The lowest BCUT2D eigenvalue weighted by molar-refractivity contribution is 0.289. The molecule has 1 aromatic rings. The van der Waals surface area contributed by atoms with Crippen molar-refractivity contribution in [3.8, 4) is 0 Å². The van der Waals surface area contributed by atoms with E-state index in [-0.39, 0.29) is 6.61 Å². The van der Waals surface area contributed by atoms with Crippen LogP contribution in [0, 0.1) is 6.92 Å². The largest absolute Gasteiger partial charge is 0.396 e. The average Bonchev–Trinajstić information content (AvgIpc) is 2.26. The van der Waals surface area contributed by atoms with Gasteiger partial charge in [0.1, 0.15) is 0 Å². The van der Waals surface area contributed by atoms with Crippen molar-refractivity contribution in [2.24, 2.45) is 0 Å². The van der Waals surface area contributed by atoms with Gasteiger partial charge in [-0.05, 0) is 41.8 Å². The van der Waals surface area contributed by atoms with Crippen LogP contribution in [-0.4, -0.2) is 11.7 Å². The Morgan fingerprint density at radius 3 is 2.82 bits per heavy atom. The molecule has 3 heteroatoms. The van der Waals surface area contributed by atoms with E-state index in [1.807, 2.05) is 0 Å². The van der Waals surface area contributed by atoms with Gasteiger partial charge in [-0.1, -0.05) is 0 Å². The standard InChI is InChI=1S/C8H11BrOS/c1-6-5-7(9)8(11-6)3-2-4-10/h5,10H,2-4H2,1H3. The van der Waals surface area contributed by atoms with Gasteiger partial charge in [-0.2, -0.15) is 0 Å². The summed E-state index contributed by atoms with van der Waals surface area (Å²) in [5, 5.41) is 8.61. The van der Waals surface area contributed by atoms with Gasteiger partial charge < -0.3 is 5.11 Å². The molecule has 1 rings (SSSR count). The smallest absolute Gasteiger partial charge is 0.0434 e. The molecule has 1 nitrogen and oxygen atoms in total. The van der Waals surface area contributed by atoms with Crippen molar-refractivity contribution in [2.45, 2.75) is 19.8 Å². The number of halogens is 1. The van der Waals surface area contributed by atoms with E-state index in [4.69, 9.17) is 5.11 Å². The number of aryl methyl sites for hydroxylation is 2. The lowest BCUT2D eigenvalue weighted by Gasteiger charge is -1.93. The molecule has 0 aliphatic heterocycles. The first-order chi connectivity index (χ1) is 5.24. The molecule has 0 saturated heterocycles. The fraction of sp³-hybridized carbons (Fsp3) is 0.500. The minimum atomic E-state index is 0.281. The van der Waals surface area contributed by atoms with Crippen LogP contribution in [0.25, 0.3) is 0 Å². The van der Waals surface area contributed by atoms with Gasteiger partial charge >= 0.3 is 0 Å². The van der Waals surface area contributed by atoms with E-state index in [1.54, 1.807) is 11.3 Å². The summed E-state index contributed by atoms with van der Waals surface area (Å²) in [6.07, 6.45) is 1.84. The van der Waals surface area contributed by atoms with Gasteiger partial charge in [0.05, 0.1) is 0 Å². The van der Waals surface area contributed by atoms with Crippen LogP contribution in [0.2, 0.25) is 0 Å². The van der Waals surface area contributed by atoms with Crippen LogP contribution >= 0.6 is 27.3 Å². The van der Waals surface area contributed by atoms with Gasteiger partial charge in [0.2, 0.25) is 0 Å². The zero-order chi connectivity index (χ0) is 8.27. The molecule has 0 saturated carbocycles. The number of aliphatic hydroxyl groups is 1. The van der Waals surface area contributed by atoms with E-state index in [2.05, 4.69) is 28.9 Å². The van der Waals surface area contributed by atoms with Crippen molar-refractivity contribution in [1.29, 1.82) is 0 Å². The second-order valence-corrected chi connectivity index (χ2v) is 4.65. The zero-order valence-corrected chi connectivity index (χ0v) is 8.83. The molecular weight excluding hydrogens is 224 g/mol. The van der Waals surface area contributed by atoms with Crippen molar-refractivity contribution in [3.05, 3.63) is 20.3 Å². The molecule has 0 spiro atoms. The van der Waals surface area contributed by atoms with Crippen LogP contribution in [0.5, 0.6) is 0 Å². The van der Waals surface area contributed by atoms with Crippen LogP contribution < -0.4 is 0 Å². The zero-order valence-electron chi connectivity index (χ0n) is 6.43. The fourth-order valence-electron chi connectivity index (χ4n) is 0.942. The van der Waals surface area contributed by atoms with Crippen molar-refractivity contribution >= 4 is 27.3 Å². The fourth-order valence-corrected chi connectivity index (χ4v) is 2.85. The summed E-state index contributed by atoms with van der Waals surface area (Å²) >= 11 is 5.27. The molecule has 1 N–H and O–H groups in total. The summed E-state index contributed by atoms with van der Waals surface area (Å²) in [5.41, 5.74) is 0. The highest BCUT2D eigenvalue weighted by Gasteiger charge is 2.02. The van der Waals surface area contributed by atoms with Gasteiger partial charge in [0.15, 0.2) is 0 Å². The minimum Gasteiger partial charge on any atom is -0.396 e. The lowest BCUT2D eigenvalue weighted by atomic mass is 10.3. The van der Waals surface area contributed by atoms with Crippen LogP contribution in [0.15, 0.2) is 10.5 Å². The molecule has 0 bridgehead atoms. The van der Waals surface area contributed by atoms with Crippen LogP contribution in [-0.2, 0) is 6.42 Å². The summed E-state index contributed by atoms with van der Waals surface area (Å²) < 4.78 is 1.19. The lowest BCUT2D eigenvalue weighted by Crippen LogP contribution is -1.85. The molecule has 0 amide bonds. The normalized spacial score (nSPS) is 10.5. The number of thiophene rings is 1. The topological polar surface area (TPSA) is 20.2 Å². The summed E-state index contributed by atoms with van der Waals surface area (Å²) in [7, 11) is 0. The van der Waals surface area contributed by atoms with Gasteiger partial charge in [0, 0.05) is 20.8 Å². The highest BCUT2D eigenvalue weighted by molar-refractivity contribution is 9.10. The second-order valence-electron chi connectivity index (χ2n) is 2.46. The molecule has 0 atom stereocenters. The first kappa shape index (κ1) is 9.23. The number of aliphatic hydroxyl groups excluding tert-OH is 1. The van der Waals surface area contributed by atoms with Gasteiger partial charge in [-0.15, -0.1) is 11.3 Å². The Morgan fingerprint density at radius 1 is 1.64 bits per heavy atom. The van der Waals surface area contributed by atoms with E-state index < -0.39 is 0 Å². The van der Waals surface area contributed by atoms with Crippen molar-refractivity contribution < 1.29 is 5.11 Å². The second kappa shape index (κ2) is 4.24. The third-order valence-corrected chi connectivity index (χ3v) is 3.52. The first-order valence-corrected chi connectivity index (χ1v) is 5.20. The molecular formula is C8H11BrOS. The van der Waals surface area contributed by atoms with Gasteiger partial charge in [-0.3, -0.25) is 0 Å². The molecule has 0 fully saturated rings. The van der Waals surface area contributed by atoms with E-state index in [0.717, 1.165) is 12.8 Å². The third-order valence-electron chi connectivity index (χ3n) is 1.44. The molecule has 0 radical (unpaired) electrons. The van der Waals surface area contributed by atoms with Crippen molar-refractivity contribution in [3.63, 3.8) is 0 Å². The Morgan fingerprint density at radius 2 is 2.36 bits per heavy atom. The predicted molar refractivity (Wildman–Crippen MR) is 52.2 cm³/mol. The van der Waals surface area contributed by atoms with Crippen molar-refractivity contribution in [2.75, 3.05) is 6.61 Å². The molecule has 1 heterocycles. The average molecular weight is 235 g/mol. The van der Waals surface area contributed by atoms with Gasteiger partial charge in [-0.25, -0.2) is 0 Å². The van der Waals surface area contributed by atoms with Gasteiger partial charge in [0.25, 0.3) is 0 Å². The maximum atomic E-state index is 8.61. The first-order valence-electron chi connectivity index (χ1n) is 3.59. The molecule has 1 aromatic heterocycles. The molecule has 11 heavy (non-hydrogen) atoms. The van der Waals surface area contributed by atoms with Crippen LogP contribution in [0.3, 0.4) is 0 Å². The highest BCUT2D eigenvalue weighted by atomic mass is 79.9. The Balaban J connectivity index is 2.62. The SMILES string of the molecule is Cc1cc(Br)c(CCCO)s1. The summed E-state index contributed by atoms with van der Waals surface area (Å²) in [5.74, 6) is 0. The summed E-state index contributed by atoms with van der Waals surface area (Å²) in [4.78, 5) is 2.67. The van der Waals surface area contributed by atoms with Crippen LogP contribution in [0.4, 0.5) is 0 Å². The van der Waals surface area contributed by atoms with Crippen molar-refractivity contribution in [1.82, 2.24) is 0 Å². The third kappa shape index (κ3) is 2.58. The van der Waals surface area contributed by atoms with Crippen LogP contribution in [0.1, 0.15) is 16.2 Å². The number of hydrogen-bond donors (Lipinski definition) is 1. The Kier molecular flexibility index (Phi) is 3.55. The predicted octanol–water partition coefficient (Wildman–Crippen LogP) is 2.74. The maximum Gasteiger partial charge on any atom is 0.0434 e. The highest BCUT2D eigenvalue weighted by Crippen LogP contribution is 2.27. The molecule has 62 valence electrons. The monoisotopic (exact) mass is 234 g/mol.